The number of amidine groups is 1. The van der Waals surface area contributed by atoms with Gasteiger partial charge in [-0.2, -0.15) is 0 Å². The maximum atomic E-state index is 13.1. The molecule has 240 valence electrons. The lowest BCUT2D eigenvalue weighted by Gasteiger charge is -2.11. The molecular weight excluding hydrogens is 582 g/mol. The predicted molar refractivity (Wildman–Crippen MR) is 183 cm³/mol. The summed E-state index contributed by atoms with van der Waals surface area (Å²) >= 11 is 0. The highest BCUT2D eigenvalue weighted by atomic mass is 16.2. The quantitative estimate of drug-likeness (QED) is 0.0775. The number of aromatic nitrogens is 3. The van der Waals surface area contributed by atoms with E-state index in [9.17, 15) is 14.4 Å². The third kappa shape index (κ3) is 9.18. The Morgan fingerprint density at radius 2 is 1.48 bits per heavy atom. The average molecular weight is 624 g/mol. The largest absolute Gasteiger partial charge is 0.388 e. The van der Waals surface area contributed by atoms with Gasteiger partial charge in [0.2, 0.25) is 0 Å². The van der Waals surface area contributed by atoms with Gasteiger partial charge in [0, 0.05) is 65.4 Å². The van der Waals surface area contributed by atoms with Crippen LogP contribution in [-0.2, 0) is 14.1 Å². The number of carbonyl (C=O) groups is 3. The zero-order chi connectivity index (χ0) is 33.2. The third-order valence-electron chi connectivity index (χ3n) is 7.30. The molecule has 12 nitrogen and oxygen atoms in total. The van der Waals surface area contributed by atoms with Crippen molar-refractivity contribution in [3.63, 3.8) is 0 Å². The Labute approximate surface area is 268 Å². The second-order valence-electron chi connectivity index (χ2n) is 11.2. The maximum absolute atomic E-state index is 13.1. The number of benzene rings is 1. The van der Waals surface area contributed by atoms with Crippen LogP contribution in [-0.4, -0.2) is 58.3 Å². The van der Waals surface area contributed by atoms with Crippen molar-refractivity contribution in [3.8, 4) is 0 Å². The van der Waals surface area contributed by atoms with E-state index in [4.69, 9.17) is 11.1 Å². The number of amides is 3. The number of pyridine rings is 1. The fourth-order valence-corrected chi connectivity index (χ4v) is 4.73. The molecule has 3 aromatic heterocycles. The normalized spacial score (nSPS) is 11.0. The first-order chi connectivity index (χ1) is 22.0. The van der Waals surface area contributed by atoms with Gasteiger partial charge in [-0.25, -0.2) is 0 Å². The van der Waals surface area contributed by atoms with Crippen LogP contribution in [0.1, 0.15) is 68.3 Å². The van der Waals surface area contributed by atoms with Gasteiger partial charge >= 0.3 is 0 Å². The Kier molecular flexibility index (Phi) is 11.1. The minimum Gasteiger partial charge on any atom is -0.388 e. The summed E-state index contributed by atoms with van der Waals surface area (Å²) in [5.74, 6) is -0.811. The van der Waals surface area contributed by atoms with Crippen LogP contribution in [0.15, 0.2) is 67.1 Å². The molecule has 1 aromatic carbocycles. The highest BCUT2D eigenvalue weighted by molar-refractivity contribution is 6.07. The molecule has 0 fully saturated rings. The number of hydrogen-bond donors (Lipinski definition) is 5. The zero-order valence-electron chi connectivity index (χ0n) is 26.6. The van der Waals surface area contributed by atoms with Crippen molar-refractivity contribution in [2.45, 2.75) is 25.7 Å². The number of nitrogens with zero attached hydrogens (tertiary/aromatic N) is 4. The number of nitrogens with two attached hydrogens (primary N) is 1. The lowest BCUT2D eigenvalue weighted by atomic mass is 10.1. The van der Waals surface area contributed by atoms with E-state index in [2.05, 4.69) is 20.9 Å². The summed E-state index contributed by atoms with van der Waals surface area (Å²) in [7, 11) is 7.43. The van der Waals surface area contributed by atoms with Gasteiger partial charge in [-0.1, -0.05) is 24.6 Å². The van der Waals surface area contributed by atoms with E-state index in [1.54, 1.807) is 59.9 Å². The molecule has 0 unspecified atom stereocenters. The van der Waals surface area contributed by atoms with Gasteiger partial charge < -0.3 is 35.7 Å². The zero-order valence-corrected chi connectivity index (χ0v) is 26.6. The van der Waals surface area contributed by atoms with E-state index in [0.717, 1.165) is 36.2 Å². The highest BCUT2D eigenvalue weighted by Crippen LogP contribution is 2.19. The number of hydrogen-bond acceptors (Lipinski definition) is 6. The van der Waals surface area contributed by atoms with Crippen molar-refractivity contribution in [2.24, 2.45) is 19.8 Å². The Bertz CT molecular complexity index is 1720. The number of rotatable bonds is 14. The van der Waals surface area contributed by atoms with Crippen molar-refractivity contribution < 1.29 is 14.4 Å². The van der Waals surface area contributed by atoms with Crippen molar-refractivity contribution >= 4 is 52.8 Å². The summed E-state index contributed by atoms with van der Waals surface area (Å²) in [6.45, 7) is 0.505. The van der Waals surface area contributed by atoms with Crippen molar-refractivity contribution in [3.05, 3.63) is 95.3 Å². The predicted octanol–water partition coefficient (Wildman–Crippen LogP) is 4.73. The van der Waals surface area contributed by atoms with E-state index >= 15 is 0 Å². The summed E-state index contributed by atoms with van der Waals surface area (Å²) in [4.78, 5) is 45.0. The van der Waals surface area contributed by atoms with Gasteiger partial charge in [-0.05, 0) is 60.9 Å². The first-order valence-electron chi connectivity index (χ1n) is 15.0. The van der Waals surface area contributed by atoms with Crippen LogP contribution in [0.4, 0.5) is 17.1 Å². The summed E-state index contributed by atoms with van der Waals surface area (Å²) in [6, 6.07) is 14.8. The first-order valence-corrected chi connectivity index (χ1v) is 15.0. The van der Waals surface area contributed by atoms with Crippen LogP contribution in [0, 0.1) is 5.41 Å². The van der Waals surface area contributed by atoms with Gasteiger partial charge in [0.05, 0.1) is 28.5 Å². The van der Waals surface area contributed by atoms with Crippen molar-refractivity contribution in [2.75, 3.05) is 36.2 Å². The lowest BCUT2D eigenvalue weighted by molar-refractivity contribution is 0.0943. The smallest absolute Gasteiger partial charge is 0.272 e. The molecule has 0 aliphatic heterocycles. The van der Waals surface area contributed by atoms with E-state index in [0.29, 0.717) is 41.3 Å². The second-order valence-corrected chi connectivity index (χ2v) is 11.2. The van der Waals surface area contributed by atoms with Gasteiger partial charge in [-0.15, -0.1) is 0 Å². The van der Waals surface area contributed by atoms with E-state index < -0.39 is 0 Å². The van der Waals surface area contributed by atoms with Crippen LogP contribution < -0.4 is 26.6 Å². The Morgan fingerprint density at radius 1 is 0.848 bits per heavy atom. The van der Waals surface area contributed by atoms with Gasteiger partial charge in [0.1, 0.15) is 11.4 Å². The van der Waals surface area contributed by atoms with Crippen LogP contribution in [0.25, 0.3) is 12.2 Å². The van der Waals surface area contributed by atoms with Crippen LogP contribution in [0.5, 0.6) is 0 Å². The standard InChI is InChI=1S/C34H41N9O3/c1-41(2)28-15-10-23(11-16-28)9-13-25-14-12-24(20-38-25)32(44)39-26-19-30(43(4)21-26)34(46)40-27-18-29(42(3)22-27)33(45)37-17-7-5-6-8-31(35)36/h9-16,18-22H,5-8,17H2,1-4H3,(H3,35,36)(H,37,45)(H,39,44)(H,40,46)/b13-9+. The van der Waals surface area contributed by atoms with E-state index in [1.807, 2.05) is 55.4 Å². The summed E-state index contributed by atoms with van der Waals surface area (Å²) in [6.07, 6.45) is 11.7. The maximum Gasteiger partial charge on any atom is 0.272 e. The van der Waals surface area contributed by atoms with Gasteiger partial charge in [-0.3, -0.25) is 24.8 Å². The fourth-order valence-electron chi connectivity index (χ4n) is 4.73. The van der Waals surface area contributed by atoms with Crippen molar-refractivity contribution in [1.29, 1.82) is 5.41 Å². The SMILES string of the molecule is CN(C)c1ccc(/C=C/c2ccc(C(=O)Nc3cc(C(=O)Nc4cc(C(=O)NCCCCCC(=N)N)n(C)c4)n(C)c3)cn2)cc1. The lowest BCUT2D eigenvalue weighted by Crippen LogP contribution is -2.26. The van der Waals surface area contributed by atoms with Gasteiger partial charge in [0.15, 0.2) is 0 Å². The number of unbranched alkanes of at least 4 members (excludes halogenated alkanes) is 2. The molecule has 0 saturated carbocycles. The monoisotopic (exact) mass is 623 g/mol. The Hall–Kier alpha value is -5.65. The molecule has 0 aliphatic rings. The molecular formula is C34H41N9O3. The Morgan fingerprint density at radius 3 is 2.07 bits per heavy atom. The molecule has 0 atom stereocenters. The number of anilines is 3. The molecule has 3 heterocycles. The average Bonchev–Trinajstić information content (AvgIpc) is 3.58. The first kappa shape index (κ1) is 33.2. The second kappa shape index (κ2) is 15.4. The molecule has 0 saturated heterocycles. The third-order valence-corrected chi connectivity index (χ3v) is 7.30. The molecule has 46 heavy (non-hydrogen) atoms. The topological polar surface area (TPSA) is 163 Å². The molecule has 0 spiro atoms. The fraction of sp³-hybridized carbons (Fsp3) is 0.265. The molecule has 0 radical (unpaired) electrons. The van der Waals surface area contributed by atoms with E-state index in [-0.39, 0.29) is 23.6 Å². The molecule has 4 rings (SSSR count). The Balaban J connectivity index is 1.30. The van der Waals surface area contributed by atoms with Crippen molar-refractivity contribution in [1.82, 2.24) is 19.4 Å². The molecule has 0 aliphatic carbocycles. The molecule has 4 aromatic rings. The number of aryl methyl sites for hydroxylation is 2. The number of nitrogens with one attached hydrogen (secondary N) is 4. The summed E-state index contributed by atoms with van der Waals surface area (Å²) in [5.41, 5.74) is 10.3. The molecule has 6 N–H and O–H groups in total. The van der Waals surface area contributed by atoms with Crippen LogP contribution in [0.2, 0.25) is 0 Å². The van der Waals surface area contributed by atoms with Crippen LogP contribution in [0.3, 0.4) is 0 Å². The minimum atomic E-state index is -0.389. The van der Waals surface area contributed by atoms with E-state index in [1.165, 1.54) is 6.20 Å². The molecule has 0 bridgehead atoms. The summed E-state index contributed by atoms with van der Waals surface area (Å²) in [5, 5.41) is 15.8. The van der Waals surface area contributed by atoms with Gasteiger partial charge in [0.25, 0.3) is 17.7 Å². The number of carbonyl (C=O) groups excluding carboxylic acids is 3. The highest BCUT2D eigenvalue weighted by Gasteiger charge is 2.17. The van der Waals surface area contributed by atoms with Crippen LogP contribution >= 0.6 is 0 Å². The minimum absolute atomic E-state index is 0.171. The molecule has 3 amide bonds. The summed E-state index contributed by atoms with van der Waals surface area (Å²) < 4.78 is 3.26. The molecule has 12 heteroatoms.